The fourth-order valence-corrected chi connectivity index (χ4v) is 8.34. The third-order valence-electron chi connectivity index (χ3n) is 10.4. The Balaban J connectivity index is 0.000000199. The number of carbonyl (C=O) groups is 4. The van der Waals surface area contributed by atoms with Crippen LogP contribution in [0.5, 0.6) is 0 Å². The monoisotopic (exact) mass is 955 g/mol. The Morgan fingerprint density at radius 3 is 1.51 bits per heavy atom. The molecule has 4 aromatic heterocycles. The predicted octanol–water partition coefficient (Wildman–Crippen LogP) is 7.17. The molecule has 354 valence electrons. The molecular weight excluding hydrogens is 903 g/mol. The van der Waals surface area contributed by atoms with Gasteiger partial charge in [0.15, 0.2) is 33.7 Å². The standard InChI is InChI=1S/C23H27N5O5S.C23H26N4O5S/c1-23(2,3)33-22(30)27(17-9-10-17)20-12-19(25-21-16(14-29)13-24-28(20)21)15-7-6-8-18(11-15)26(4)34(5,31)32;1-23(2,3)32-22(29)26(18-8-9-18)20-11-19(25-21-17(13-28)12-24-27(20)21)16-7-5-6-15(10-16)14-33(4,30)31/h6-8,11-14,17H,9-10H2,1-5H3;5-7,10-13,18H,8-9,14H2,1-4H3. The lowest BCUT2D eigenvalue weighted by Crippen LogP contribution is -2.39. The Labute approximate surface area is 388 Å². The van der Waals surface area contributed by atoms with E-state index in [4.69, 9.17) is 9.47 Å². The number of carbonyl (C=O) groups excluding carboxylic acids is 4. The van der Waals surface area contributed by atoms with Gasteiger partial charge in [-0.25, -0.2) is 36.4 Å². The highest BCUT2D eigenvalue weighted by molar-refractivity contribution is 7.92. The third kappa shape index (κ3) is 11.5. The van der Waals surface area contributed by atoms with E-state index in [0.29, 0.717) is 69.3 Å². The first-order valence-corrected chi connectivity index (χ1v) is 25.3. The van der Waals surface area contributed by atoms with Crippen LogP contribution in [0.1, 0.15) is 93.5 Å². The SMILES string of the molecule is CC(C)(C)OC(=O)N(c1cc(-c2cccc(CS(C)(=O)=O)c2)nc2c(C=O)cnn12)C1CC1.CN(c1cccc(-c2cc(N(C(=O)OC(C)(C)C)C3CC3)n3ncc(C=O)c3n2)c1)S(C)(=O)=O. The van der Waals surface area contributed by atoms with Gasteiger partial charge in [0, 0.05) is 48.6 Å². The Bertz CT molecular complexity index is 3130. The number of aromatic nitrogens is 6. The highest BCUT2D eigenvalue weighted by atomic mass is 32.2. The van der Waals surface area contributed by atoms with Crippen LogP contribution >= 0.6 is 0 Å². The van der Waals surface area contributed by atoms with Crippen LogP contribution in [0.15, 0.2) is 73.1 Å². The van der Waals surface area contributed by atoms with Gasteiger partial charge in [0.2, 0.25) is 10.0 Å². The van der Waals surface area contributed by atoms with E-state index in [-0.39, 0.29) is 29.0 Å². The molecule has 2 fully saturated rings. The molecule has 2 aliphatic rings. The lowest BCUT2D eigenvalue weighted by atomic mass is 10.1. The van der Waals surface area contributed by atoms with Gasteiger partial charge in [0.1, 0.15) is 22.8 Å². The van der Waals surface area contributed by atoms with Crippen molar-refractivity contribution in [2.75, 3.05) is 33.7 Å². The highest BCUT2D eigenvalue weighted by Gasteiger charge is 2.40. The van der Waals surface area contributed by atoms with Gasteiger partial charge < -0.3 is 9.47 Å². The molecule has 0 saturated heterocycles. The molecule has 0 atom stereocenters. The zero-order valence-electron chi connectivity index (χ0n) is 38.7. The van der Waals surface area contributed by atoms with Crippen LogP contribution in [0.3, 0.4) is 0 Å². The van der Waals surface area contributed by atoms with Crippen molar-refractivity contribution in [1.82, 2.24) is 29.2 Å². The van der Waals surface area contributed by atoms with Gasteiger partial charge in [0.05, 0.1) is 52.6 Å². The molecule has 0 aliphatic heterocycles. The summed E-state index contributed by atoms with van der Waals surface area (Å²) in [7, 11) is -5.21. The van der Waals surface area contributed by atoms with Gasteiger partial charge in [-0.15, -0.1) is 0 Å². The van der Waals surface area contributed by atoms with Crippen molar-refractivity contribution in [3.8, 4) is 22.5 Å². The number of amides is 2. The zero-order valence-corrected chi connectivity index (χ0v) is 40.3. The van der Waals surface area contributed by atoms with Gasteiger partial charge in [-0.2, -0.15) is 19.2 Å². The van der Waals surface area contributed by atoms with Gasteiger partial charge >= 0.3 is 12.2 Å². The predicted molar refractivity (Wildman–Crippen MR) is 253 cm³/mol. The molecule has 0 bridgehead atoms. The maximum atomic E-state index is 13.2. The van der Waals surface area contributed by atoms with Crippen LogP contribution in [0, 0.1) is 0 Å². The zero-order chi connectivity index (χ0) is 48.8. The average molecular weight is 956 g/mol. The van der Waals surface area contributed by atoms with E-state index in [1.54, 1.807) is 112 Å². The Kier molecular flexibility index (Phi) is 13.1. The lowest BCUT2D eigenvalue weighted by Gasteiger charge is -2.28. The minimum absolute atomic E-state index is 0.0428. The number of anilines is 3. The number of benzene rings is 2. The molecule has 0 unspecified atom stereocenters. The van der Waals surface area contributed by atoms with Gasteiger partial charge in [-0.1, -0.05) is 30.3 Å². The first kappa shape index (κ1) is 48.2. The number of sulfonamides is 1. The summed E-state index contributed by atoms with van der Waals surface area (Å²) < 4.78 is 63.0. The molecule has 0 N–H and O–H groups in total. The van der Waals surface area contributed by atoms with E-state index in [2.05, 4.69) is 20.2 Å². The molecule has 0 radical (unpaired) electrons. The molecule has 8 rings (SSSR count). The minimum atomic E-state index is -3.46. The van der Waals surface area contributed by atoms with Crippen molar-refractivity contribution < 1.29 is 45.5 Å². The molecule has 2 amide bonds. The molecule has 2 saturated carbocycles. The summed E-state index contributed by atoms with van der Waals surface area (Å²) in [6, 6.07) is 17.2. The number of sulfone groups is 1. The van der Waals surface area contributed by atoms with Gasteiger partial charge in [-0.05, 0) is 91.0 Å². The van der Waals surface area contributed by atoms with Crippen molar-refractivity contribution in [1.29, 1.82) is 0 Å². The fraction of sp³-hybridized carbons (Fsp3) is 0.391. The van der Waals surface area contributed by atoms with Crippen LogP contribution in [0.25, 0.3) is 33.8 Å². The van der Waals surface area contributed by atoms with E-state index in [0.717, 1.165) is 31.9 Å². The van der Waals surface area contributed by atoms with E-state index in [1.807, 2.05) is 0 Å². The molecular formula is C46H53N9O10S2. The number of ether oxygens (including phenoxy) is 2. The summed E-state index contributed by atoms with van der Waals surface area (Å²) in [5.41, 5.74) is 3.09. The van der Waals surface area contributed by atoms with E-state index in [1.165, 1.54) is 39.0 Å². The molecule has 67 heavy (non-hydrogen) atoms. The van der Waals surface area contributed by atoms with Crippen LogP contribution in [-0.4, -0.2) is 114 Å². The Morgan fingerprint density at radius 1 is 0.687 bits per heavy atom. The fourth-order valence-electron chi connectivity index (χ4n) is 7.06. The maximum Gasteiger partial charge on any atom is 0.416 e. The first-order chi connectivity index (χ1) is 31.3. The molecule has 0 spiro atoms. The largest absolute Gasteiger partial charge is 0.443 e. The quantitative estimate of drug-likeness (QED) is 0.111. The maximum absolute atomic E-state index is 13.2. The summed E-state index contributed by atoms with van der Waals surface area (Å²) in [5.74, 6) is 0.758. The second kappa shape index (κ2) is 18.2. The van der Waals surface area contributed by atoms with Gasteiger partial charge in [-0.3, -0.25) is 23.7 Å². The topological polar surface area (TPSA) is 225 Å². The molecule has 6 aromatic rings. The average Bonchev–Trinajstić information content (AvgIpc) is 4.16. The molecule has 2 aromatic carbocycles. The van der Waals surface area contributed by atoms with Crippen molar-refractivity contribution >= 4 is 73.2 Å². The van der Waals surface area contributed by atoms with E-state index >= 15 is 0 Å². The molecule has 19 nitrogen and oxygen atoms in total. The lowest BCUT2D eigenvalue weighted by molar-refractivity contribution is 0.0564. The second-order valence-electron chi connectivity index (χ2n) is 18.6. The van der Waals surface area contributed by atoms with Crippen molar-refractivity contribution in [2.45, 2.75) is 96.3 Å². The molecule has 21 heteroatoms. The van der Waals surface area contributed by atoms with E-state index < -0.39 is 43.2 Å². The molecule has 4 heterocycles. The van der Waals surface area contributed by atoms with Crippen LogP contribution in [-0.2, 0) is 35.1 Å². The molecule has 2 aliphatic carbocycles. The van der Waals surface area contributed by atoms with Crippen molar-refractivity contribution in [2.24, 2.45) is 0 Å². The number of rotatable bonds is 12. The normalized spacial score (nSPS) is 14.2. The number of aldehydes is 2. The summed E-state index contributed by atoms with van der Waals surface area (Å²) in [4.78, 5) is 61.9. The number of hydrogen-bond acceptors (Lipinski definition) is 14. The number of hydrogen-bond donors (Lipinski definition) is 0. The van der Waals surface area contributed by atoms with Crippen molar-refractivity contribution in [3.05, 3.63) is 89.7 Å². The first-order valence-electron chi connectivity index (χ1n) is 21.4. The van der Waals surface area contributed by atoms with Crippen LogP contribution in [0.2, 0.25) is 0 Å². The van der Waals surface area contributed by atoms with Crippen molar-refractivity contribution in [3.63, 3.8) is 0 Å². The summed E-state index contributed by atoms with van der Waals surface area (Å²) in [6.45, 7) is 10.8. The third-order valence-corrected chi connectivity index (χ3v) is 12.4. The second-order valence-corrected chi connectivity index (χ2v) is 22.8. The Hall–Kier alpha value is -6.74. The van der Waals surface area contributed by atoms with Crippen LogP contribution in [0.4, 0.5) is 26.9 Å². The summed E-state index contributed by atoms with van der Waals surface area (Å²) in [6.07, 6.45) is 8.69. The number of nitrogens with zero attached hydrogens (tertiary/aromatic N) is 9. The Morgan fingerprint density at radius 2 is 1.12 bits per heavy atom. The van der Waals surface area contributed by atoms with E-state index in [9.17, 15) is 36.0 Å². The minimum Gasteiger partial charge on any atom is -0.443 e. The number of fused-ring (bicyclic) bond motifs is 2. The smallest absolute Gasteiger partial charge is 0.416 e. The summed E-state index contributed by atoms with van der Waals surface area (Å²) in [5, 5.41) is 8.59. The van der Waals surface area contributed by atoms with Gasteiger partial charge in [0.25, 0.3) is 0 Å². The highest BCUT2D eigenvalue weighted by Crippen LogP contribution is 2.37. The summed E-state index contributed by atoms with van der Waals surface area (Å²) >= 11 is 0. The van der Waals surface area contributed by atoms with Crippen LogP contribution < -0.4 is 14.1 Å².